The Kier molecular flexibility index (Phi) is 4.22. The number of rotatable bonds is 4. The van der Waals surface area contributed by atoms with Crippen LogP contribution < -0.4 is 0 Å². The van der Waals surface area contributed by atoms with Crippen molar-refractivity contribution in [2.45, 2.75) is 0 Å². The van der Waals surface area contributed by atoms with Crippen molar-refractivity contribution >= 4 is 5.71 Å². The molecule has 9 heavy (non-hydrogen) atoms. The molecule has 3 nitrogen and oxygen atoms in total. The maximum atomic E-state index is 7.01. The van der Waals surface area contributed by atoms with Crippen LogP contribution in [-0.4, -0.2) is 12.3 Å². The average molecular weight is 123 g/mol. The van der Waals surface area contributed by atoms with Gasteiger partial charge in [0.2, 0.25) is 0 Å². The molecule has 0 rings (SSSR count). The lowest BCUT2D eigenvalue weighted by molar-refractivity contribution is 1.00. The summed E-state index contributed by atoms with van der Waals surface area (Å²) >= 11 is 0. The molecule has 3 heteroatoms. The predicted octanol–water partition coefficient (Wildman–Crippen LogP) is 1.78. The van der Waals surface area contributed by atoms with Gasteiger partial charge in [-0.3, -0.25) is 0 Å². The summed E-state index contributed by atoms with van der Waals surface area (Å²) < 4.78 is 0. The van der Waals surface area contributed by atoms with Crippen molar-refractivity contribution in [1.29, 1.82) is 10.9 Å². The zero-order valence-corrected chi connectivity index (χ0v) is 5.09. The number of allylic oxidation sites excluding steroid dienone is 2. The summed E-state index contributed by atoms with van der Waals surface area (Å²) in [4.78, 5) is 0. The highest BCUT2D eigenvalue weighted by molar-refractivity contribution is 6.01. The van der Waals surface area contributed by atoms with Crippen molar-refractivity contribution in [2.75, 3.05) is 6.54 Å². The third-order valence-electron chi connectivity index (χ3n) is 0.714. The third kappa shape index (κ3) is 4.61. The largest absolute Gasteiger partial charge is 0.301 e. The summed E-state index contributed by atoms with van der Waals surface area (Å²) in [6, 6.07) is 0. The van der Waals surface area contributed by atoms with Crippen LogP contribution in [0.3, 0.4) is 0 Å². The van der Waals surface area contributed by atoms with Gasteiger partial charge in [-0.15, -0.1) is 0 Å². The SMILES string of the molecule is C=CC(=N)/C=C\CN=N. The van der Waals surface area contributed by atoms with Gasteiger partial charge in [-0.25, -0.2) is 5.53 Å². The Morgan fingerprint density at radius 3 is 2.78 bits per heavy atom. The molecule has 0 aliphatic rings. The van der Waals surface area contributed by atoms with Gasteiger partial charge >= 0.3 is 0 Å². The number of hydrogen-bond acceptors (Lipinski definition) is 3. The molecule has 0 spiro atoms. The lowest BCUT2D eigenvalue weighted by Crippen LogP contribution is -1.81. The fourth-order valence-electron chi connectivity index (χ4n) is 0.300. The van der Waals surface area contributed by atoms with Crippen LogP contribution in [-0.2, 0) is 0 Å². The van der Waals surface area contributed by atoms with E-state index in [9.17, 15) is 0 Å². The van der Waals surface area contributed by atoms with Gasteiger partial charge in [0.25, 0.3) is 0 Å². The van der Waals surface area contributed by atoms with Crippen LogP contribution in [0.5, 0.6) is 0 Å². The molecule has 0 bridgehead atoms. The Morgan fingerprint density at radius 1 is 1.67 bits per heavy atom. The summed E-state index contributed by atoms with van der Waals surface area (Å²) in [7, 11) is 0. The molecular weight excluding hydrogens is 114 g/mol. The normalized spacial score (nSPS) is 9.33. The smallest absolute Gasteiger partial charge is 0.0781 e. The van der Waals surface area contributed by atoms with Crippen molar-refractivity contribution < 1.29 is 0 Å². The van der Waals surface area contributed by atoms with Gasteiger partial charge in [0.15, 0.2) is 0 Å². The molecule has 0 radical (unpaired) electrons. The summed E-state index contributed by atoms with van der Waals surface area (Å²) in [5, 5.41) is 10.1. The molecule has 0 aromatic rings. The maximum Gasteiger partial charge on any atom is 0.0781 e. The summed E-state index contributed by atoms with van der Waals surface area (Å²) in [5.41, 5.74) is 6.73. The first-order valence-corrected chi connectivity index (χ1v) is 2.52. The molecule has 0 aromatic carbocycles. The van der Waals surface area contributed by atoms with Gasteiger partial charge in [0.1, 0.15) is 0 Å². The minimum Gasteiger partial charge on any atom is -0.301 e. The Morgan fingerprint density at radius 2 is 2.33 bits per heavy atom. The van der Waals surface area contributed by atoms with E-state index in [0.717, 1.165) is 0 Å². The number of nitrogens with one attached hydrogen (secondary N) is 2. The Bertz CT molecular complexity index is 146. The quantitative estimate of drug-likeness (QED) is 0.423. The van der Waals surface area contributed by atoms with E-state index < -0.39 is 0 Å². The fourth-order valence-corrected chi connectivity index (χ4v) is 0.300. The molecule has 48 valence electrons. The van der Waals surface area contributed by atoms with Crippen LogP contribution in [0, 0.1) is 10.9 Å². The Labute approximate surface area is 54.1 Å². The zero-order chi connectivity index (χ0) is 7.11. The lowest BCUT2D eigenvalue weighted by atomic mass is 10.3. The molecular formula is C6H9N3. The third-order valence-corrected chi connectivity index (χ3v) is 0.714. The maximum absolute atomic E-state index is 7.01. The monoisotopic (exact) mass is 123 g/mol. The summed E-state index contributed by atoms with van der Waals surface area (Å²) in [6.45, 7) is 3.73. The molecule has 0 aliphatic heterocycles. The lowest BCUT2D eigenvalue weighted by Gasteiger charge is -1.81. The van der Waals surface area contributed by atoms with Crippen LogP contribution >= 0.6 is 0 Å². The molecule has 0 aliphatic carbocycles. The van der Waals surface area contributed by atoms with Crippen LogP contribution in [0.1, 0.15) is 0 Å². The van der Waals surface area contributed by atoms with E-state index >= 15 is 0 Å². The van der Waals surface area contributed by atoms with Crippen LogP contribution in [0.4, 0.5) is 0 Å². The summed E-state index contributed by atoms with van der Waals surface area (Å²) in [5.74, 6) is 0. The average Bonchev–Trinajstić information content (AvgIpc) is 1.89. The van der Waals surface area contributed by atoms with E-state index in [1.807, 2.05) is 0 Å². The highest BCUT2D eigenvalue weighted by atomic mass is 14.9. The molecule has 0 saturated heterocycles. The second-order valence-electron chi connectivity index (χ2n) is 1.40. The Balaban J connectivity index is 3.56. The van der Waals surface area contributed by atoms with Crippen molar-refractivity contribution in [3.63, 3.8) is 0 Å². The highest BCUT2D eigenvalue weighted by Gasteiger charge is 1.76. The first-order chi connectivity index (χ1) is 4.31. The topological polar surface area (TPSA) is 60.1 Å². The highest BCUT2D eigenvalue weighted by Crippen LogP contribution is 1.78. The number of nitrogens with zero attached hydrogens (tertiary/aromatic N) is 1. The minimum absolute atomic E-state index is 0.343. The predicted molar refractivity (Wildman–Crippen MR) is 37.1 cm³/mol. The molecule has 2 N–H and O–H groups in total. The standard InChI is InChI=1S/C6H9N3/c1-2-6(7)4-3-5-9-8/h2-4,7-8H,1,5H2/b4-3-,7-6?,9-8?. The van der Waals surface area contributed by atoms with E-state index in [0.29, 0.717) is 12.3 Å². The van der Waals surface area contributed by atoms with Crippen molar-refractivity contribution in [2.24, 2.45) is 5.11 Å². The van der Waals surface area contributed by atoms with Crippen molar-refractivity contribution in [3.05, 3.63) is 24.8 Å². The molecule has 0 atom stereocenters. The van der Waals surface area contributed by atoms with Crippen LogP contribution in [0.15, 0.2) is 29.9 Å². The van der Waals surface area contributed by atoms with E-state index in [-0.39, 0.29) is 0 Å². The van der Waals surface area contributed by atoms with Crippen molar-refractivity contribution in [1.82, 2.24) is 0 Å². The number of hydrogen-bond donors (Lipinski definition) is 2. The molecule has 0 saturated carbocycles. The first kappa shape index (κ1) is 7.75. The second-order valence-corrected chi connectivity index (χ2v) is 1.40. The van der Waals surface area contributed by atoms with E-state index in [2.05, 4.69) is 11.7 Å². The van der Waals surface area contributed by atoms with Gasteiger partial charge < -0.3 is 5.41 Å². The van der Waals surface area contributed by atoms with Crippen LogP contribution in [0.2, 0.25) is 0 Å². The van der Waals surface area contributed by atoms with E-state index in [4.69, 9.17) is 10.9 Å². The molecule has 0 heterocycles. The fraction of sp³-hybridized carbons (Fsp3) is 0.167. The van der Waals surface area contributed by atoms with E-state index in [1.54, 1.807) is 12.2 Å². The van der Waals surface area contributed by atoms with Gasteiger partial charge in [-0.1, -0.05) is 12.7 Å². The second kappa shape index (κ2) is 4.90. The van der Waals surface area contributed by atoms with Gasteiger partial charge in [-0.05, 0) is 12.2 Å². The van der Waals surface area contributed by atoms with Crippen LogP contribution in [0.25, 0.3) is 0 Å². The molecule has 0 unspecified atom stereocenters. The molecule has 0 aromatic heterocycles. The zero-order valence-electron chi connectivity index (χ0n) is 5.09. The van der Waals surface area contributed by atoms with Gasteiger partial charge in [0.05, 0.1) is 12.3 Å². The van der Waals surface area contributed by atoms with Crippen molar-refractivity contribution in [3.8, 4) is 0 Å². The molecule has 0 fully saturated rings. The summed E-state index contributed by atoms with van der Waals surface area (Å²) in [6.07, 6.45) is 4.63. The Hall–Kier alpha value is -1.25. The van der Waals surface area contributed by atoms with Gasteiger partial charge in [-0.2, -0.15) is 5.11 Å². The molecule has 0 amide bonds. The van der Waals surface area contributed by atoms with Gasteiger partial charge in [0, 0.05) is 0 Å². The first-order valence-electron chi connectivity index (χ1n) is 2.52. The minimum atomic E-state index is 0.343. The van der Waals surface area contributed by atoms with E-state index in [1.165, 1.54) is 6.08 Å².